The third-order valence-corrected chi connectivity index (χ3v) is 12.7. The summed E-state index contributed by atoms with van der Waals surface area (Å²) in [5.74, 6) is 5.46. The Morgan fingerprint density at radius 2 is 0.558 bits per heavy atom. The van der Waals surface area contributed by atoms with E-state index in [1.807, 2.05) is 224 Å². The summed E-state index contributed by atoms with van der Waals surface area (Å²) in [5, 5.41) is 0. The van der Waals surface area contributed by atoms with Gasteiger partial charge in [-0.05, 0) is 124 Å². The Morgan fingerprint density at radius 3 is 0.922 bits per heavy atom. The first-order valence-corrected chi connectivity index (χ1v) is 25.7. The van der Waals surface area contributed by atoms with E-state index in [1.165, 1.54) is 0 Å². The van der Waals surface area contributed by atoms with Crippen molar-refractivity contribution in [1.29, 1.82) is 0 Å². The van der Waals surface area contributed by atoms with Crippen LogP contribution in [0.4, 0.5) is 0 Å². The highest BCUT2D eigenvalue weighted by Gasteiger charge is 2.16. The SMILES string of the molecule is c1ccc(COc2cc(COc3cc(COc4ccc(-c5nc6ccccc6n5-c5ccccc5)cc4)cc(OCc4cc(OCc5ccccc5)cc(OCc5ccccc5)c4)c3)cc(OCc3ccccc3)c2)cc1. The predicted molar refractivity (Wildman–Crippen MR) is 302 cm³/mol. The fourth-order valence-electron chi connectivity index (χ4n) is 8.86. The Kier molecular flexibility index (Phi) is 15.8. The van der Waals surface area contributed by atoms with E-state index >= 15 is 0 Å². The second-order valence-electron chi connectivity index (χ2n) is 18.5. The lowest BCUT2D eigenvalue weighted by Gasteiger charge is -2.16. The zero-order valence-electron chi connectivity index (χ0n) is 42.5. The predicted octanol–water partition coefficient (Wildman–Crippen LogP) is 15.7. The molecule has 0 spiro atoms. The summed E-state index contributed by atoms with van der Waals surface area (Å²) < 4.78 is 47.3. The number of para-hydroxylation sites is 3. The van der Waals surface area contributed by atoms with Crippen molar-refractivity contribution in [3.8, 4) is 57.3 Å². The van der Waals surface area contributed by atoms with Crippen LogP contribution in [0.1, 0.15) is 38.9 Å². The van der Waals surface area contributed by atoms with E-state index in [4.69, 9.17) is 38.1 Å². The molecule has 0 N–H and O–H groups in total. The number of benzene rings is 10. The molecule has 1 aromatic heterocycles. The standard InChI is InChI=1S/C68H56N2O7/c1-6-18-50(19-7-1)43-72-60-36-55(37-61(40-60)73-44-51-20-8-2-9-21-51)48-76-64-34-54(47-71-59-32-30-57(31-33-59)68-69-66-28-16-17-29-67(66)70(68)58-26-14-5-15-27-58)35-65(42-64)77-49-56-38-62(74-45-52-22-10-3-11-23-52)41-63(39-56)75-46-53-24-12-4-13-25-53/h1-42H,43-49H2. The molecule has 0 fully saturated rings. The molecule has 0 saturated heterocycles. The number of nitrogens with zero attached hydrogens (tertiary/aromatic N) is 2. The zero-order valence-corrected chi connectivity index (χ0v) is 42.5. The van der Waals surface area contributed by atoms with E-state index in [2.05, 4.69) is 34.9 Å². The smallest absolute Gasteiger partial charge is 0.145 e. The number of rotatable bonds is 23. The largest absolute Gasteiger partial charge is 0.489 e. The molecule has 9 heteroatoms. The van der Waals surface area contributed by atoms with Crippen molar-refractivity contribution in [2.24, 2.45) is 0 Å². The molecule has 0 aliphatic carbocycles. The van der Waals surface area contributed by atoms with Gasteiger partial charge in [0.25, 0.3) is 0 Å². The van der Waals surface area contributed by atoms with E-state index in [-0.39, 0.29) is 19.8 Å². The van der Waals surface area contributed by atoms with Gasteiger partial charge in [0.1, 0.15) is 92.3 Å². The van der Waals surface area contributed by atoms with E-state index in [1.54, 1.807) is 0 Å². The molecule has 0 amide bonds. The number of hydrogen-bond acceptors (Lipinski definition) is 8. The Labute approximate surface area is 449 Å². The van der Waals surface area contributed by atoms with Crippen molar-refractivity contribution < 1.29 is 33.2 Å². The monoisotopic (exact) mass is 1010 g/mol. The molecule has 0 atom stereocenters. The lowest BCUT2D eigenvalue weighted by Crippen LogP contribution is -2.04. The Balaban J connectivity index is 0.853. The van der Waals surface area contributed by atoms with Crippen LogP contribution in [0.2, 0.25) is 0 Å². The number of ether oxygens (including phenoxy) is 7. The fraction of sp³-hybridized carbons (Fsp3) is 0.103. The molecule has 0 bridgehead atoms. The highest BCUT2D eigenvalue weighted by atomic mass is 16.5. The molecule has 0 radical (unpaired) electrons. The first kappa shape index (κ1) is 49.5. The molecule has 11 aromatic rings. The van der Waals surface area contributed by atoms with Gasteiger partial charge in [-0.15, -0.1) is 0 Å². The maximum Gasteiger partial charge on any atom is 0.145 e. The van der Waals surface area contributed by atoms with Crippen LogP contribution in [0.15, 0.2) is 255 Å². The van der Waals surface area contributed by atoms with Crippen molar-refractivity contribution in [2.75, 3.05) is 0 Å². The molecular weight excluding hydrogens is 957 g/mol. The van der Waals surface area contributed by atoms with Crippen LogP contribution in [0.5, 0.6) is 40.2 Å². The molecule has 0 aliphatic heterocycles. The normalized spacial score (nSPS) is 11.0. The molecule has 9 nitrogen and oxygen atoms in total. The van der Waals surface area contributed by atoms with Gasteiger partial charge >= 0.3 is 0 Å². The third-order valence-electron chi connectivity index (χ3n) is 12.7. The molecule has 380 valence electrons. The molecule has 11 rings (SSSR count). The van der Waals surface area contributed by atoms with Gasteiger partial charge in [0, 0.05) is 29.4 Å². The van der Waals surface area contributed by atoms with Gasteiger partial charge in [-0.2, -0.15) is 0 Å². The average Bonchev–Trinajstić information content (AvgIpc) is 3.92. The van der Waals surface area contributed by atoms with Crippen molar-refractivity contribution >= 4 is 11.0 Å². The van der Waals surface area contributed by atoms with Crippen molar-refractivity contribution in [3.63, 3.8) is 0 Å². The number of imidazole rings is 1. The Hall–Kier alpha value is -9.73. The lowest BCUT2D eigenvalue weighted by atomic mass is 10.1. The maximum absolute atomic E-state index is 6.64. The minimum absolute atomic E-state index is 0.228. The highest BCUT2D eigenvalue weighted by Crippen LogP contribution is 2.33. The number of aromatic nitrogens is 2. The van der Waals surface area contributed by atoms with Gasteiger partial charge in [-0.3, -0.25) is 4.57 Å². The molecule has 0 unspecified atom stereocenters. The second-order valence-corrected chi connectivity index (χ2v) is 18.5. The van der Waals surface area contributed by atoms with Crippen LogP contribution in [-0.2, 0) is 46.2 Å². The van der Waals surface area contributed by atoms with E-state index in [0.717, 1.165) is 67.1 Å². The lowest BCUT2D eigenvalue weighted by molar-refractivity contribution is 0.273. The summed E-state index contributed by atoms with van der Waals surface area (Å²) in [4.78, 5) is 5.05. The fourth-order valence-corrected chi connectivity index (χ4v) is 8.86. The topological polar surface area (TPSA) is 82.4 Å². The summed E-state index contributed by atoms with van der Waals surface area (Å²) >= 11 is 0. The summed E-state index contributed by atoms with van der Waals surface area (Å²) in [6.45, 7) is 2.34. The molecule has 10 aromatic carbocycles. The van der Waals surface area contributed by atoms with Gasteiger partial charge in [0.05, 0.1) is 11.0 Å². The van der Waals surface area contributed by atoms with Gasteiger partial charge in [0.15, 0.2) is 0 Å². The van der Waals surface area contributed by atoms with Crippen LogP contribution in [0.25, 0.3) is 28.1 Å². The van der Waals surface area contributed by atoms with E-state index < -0.39 is 0 Å². The van der Waals surface area contributed by atoms with E-state index in [0.29, 0.717) is 66.7 Å². The van der Waals surface area contributed by atoms with Crippen LogP contribution < -0.4 is 33.2 Å². The van der Waals surface area contributed by atoms with Crippen molar-refractivity contribution in [2.45, 2.75) is 46.2 Å². The summed E-state index contributed by atoms with van der Waals surface area (Å²) in [6.07, 6.45) is 0. The number of hydrogen-bond donors (Lipinski definition) is 0. The Bertz CT molecular complexity index is 3350. The summed E-state index contributed by atoms with van der Waals surface area (Å²) in [5.41, 5.74) is 10.8. The quantitative estimate of drug-likeness (QED) is 0.0627. The summed E-state index contributed by atoms with van der Waals surface area (Å²) in [6, 6.07) is 84.7. The first-order chi connectivity index (χ1) is 38.1. The minimum Gasteiger partial charge on any atom is -0.489 e. The van der Waals surface area contributed by atoms with Crippen LogP contribution in [0, 0.1) is 0 Å². The minimum atomic E-state index is 0.228. The zero-order chi connectivity index (χ0) is 51.9. The molecular formula is C68H56N2O7. The van der Waals surface area contributed by atoms with E-state index in [9.17, 15) is 0 Å². The molecule has 0 aliphatic rings. The average molecular weight is 1010 g/mol. The second kappa shape index (κ2) is 24.5. The van der Waals surface area contributed by atoms with Crippen LogP contribution >= 0.6 is 0 Å². The number of fused-ring (bicyclic) bond motifs is 1. The molecule has 0 saturated carbocycles. The highest BCUT2D eigenvalue weighted by molar-refractivity contribution is 5.83. The molecule has 1 heterocycles. The first-order valence-electron chi connectivity index (χ1n) is 25.7. The van der Waals surface area contributed by atoms with Crippen LogP contribution in [-0.4, -0.2) is 9.55 Å². The Morgan fingerprint density at radius 1 is 0.260 bits per heavy atom. The van der Waals surface area contributed by atoms with Crippen molar-refractivity contribution in [1.82, 2.24) is 9.55 Å². The van der Waals surface area contributed by atoms with Crippen molar-refractivity contribution in [3.05, 3.63) is 294 Å². The van der Waals surface area contributed by atoms with Gasteiger partial charge in [-0.1, -0.05) is 152 Å². The van der Waals surface area contributed by atoms with Gasteiger partial charge in [0.2, 0.25) is 0 Å². The van der Waals surface area contributed by atoms with Crippen LogP contribution in [0.3, 0.4) is 0 Å². The maximum atomic E-state index is 6.64. The third kappa shape index (κ3) is 13.5. The van der Waals surface area contributed by atoms with Gasteiger partial charge < -0.3 is 33.2 Å². The molecule has 77 heavy (non-hydrogen) atoms. The summed E-state index contributed by atoms with van der Waals surface area (Å²) in [7, 11) is 0. The van der Waals surface area contributed by atoms with Gasteiger partial charge in [-0.25, -0.2) is 4.98 Å².